The third kappa shape index (κ3) is 3.80. The Labute approximate surface area is 122 Å². The monoisotopic (exact) mass is 292 g/mol. The lowest BCUT2D eigenvalue weighted by Gasteiger charge is -2.34. The number of carbonyl (C=O) groups is 1. The number of aliphatic hydroxyl groups excluding tert-OH is 1. The van der Waals surface area contributed by atoms with Crippen molar-refractivity contribution in [3.05, 3.63) is 42.0 Å². The van der Waals surface area contributed by atoms with Crippen LogP contribution in [-0.4, -0.2) is 32.9 Å². The van der Waals surface area contributed by atoms with Crippen LogP contribution in [0, 0.1) is 0 Å². The first-order valence-corrected chi connectivity index (χ1v) is 9.93. The average molecular weight is 292 g/mol. The molecule has 0 aliphatic rings. The molecule has 1 aromatic carbocycles. The van der Waals surface area contributed by atoms with Crippen molar-refractivity contribution in [2.24, 2.45) is 0 Å². The summed E-state index contributed by atoms with van der Waals surface area (Å²) in [5.41, 5.74) is 0.975. The van der Waals surface area contributed by atoms with Crippen LogP contribution in [0.2, 0.25) is 18.6 Å². The standard InChI is InChI=1S/C16H24O3Si/c1-5-13(12-17)15(11-16(18)19-2)20(3,4)14-9-7-6-8-10-14/h5-10,15,17H,11-12H2,1-4H3/b13-5+/t15-/m0/s1. The zero-order valence-electron chi connectivity index (χ0n) is 12.7. The van der Waals surface area contributed by atoms with Gasteiger partial charge in [0.15, 0.2) is 0 Å². The molecule has 1 rings (SSSR count). The Morgan fingerprint density at radius 1 is 1.35 bits per heavy atom. The van der Waals surface area contributed by atoms with Crippen LogP contribution in [0.3, 0.4) is 0 Å². The lowest BCUT2D eigenvalue weighted by atomic mass is 10.1. The third-order valence-electron chi connectivity index (χ3n) is 3.99. The Kier molecular flexibility index (Phi) is 6.17. The first kappa shape index (κ1) is 16.7. The van der Waals surface area contributed by atoms with E-state index in [1.54, 1.807) is 0 Å². The van der Waals surface area contributed by atoms with E-state index < -0.39 is 8.07 Å². The number of allylic oxidation sites excluding steroid dienone is 1. The fraction of sp³-hybridized carbons (Fsp3) is 0.438. The normalized spacial score (nSPS) is 13.9. The minimum absolute atomic E-state index is 0.0125. The van der Waals surface area contributed by atoms with Crippen molar-refractivity contribution in [3.8, 4) is 0 Å². The van der Waals surface area contributed by atoms with E-state index in [9.17, 15) is 9.90 Å². The third-order valence-corrected chi connectivity index (χ3v) is 8.13. The maximum absolute atomic E-state index is 11.7. The Hall–Kier alpha value is -1.39. The van der Waals surface area contributed by atoms with Gasteiger partial charge in [0.1, 0.15) is 0 Å². The lowest BCUT2D eigenvalue weighted by molar-refractivity contribution is -0.140. The summed E-state index contributed by atoms with van der Waals surface area (Å²) < 4.78 is 4.83. The summed E-state index contributed by atoms with van der Waals surface area (Å²) in [4.78, 5) is 11.7. The van der Waals surface area contributed by atoms with Crippen LogP contribution in [0.5, 0.6) is 0 Å². The van der Waals surface area contributed by atoms with E-state index in [4.69, 9.17) is 4.74 Å². The minimum Gasteiger partial charge on any atom is -0.469 e. The largest absolute Gasteiger partial charge is 0.469 e. The maximum atomic E-state index is 11.7. The number of hydrogen-bond acceptors (Lipinski definition) is 3. The number of benzene rings is 1. The van der Waals surface area contributed by atoms with Crippen LogP contribution in [0.1, 0.15) is 13.3 Å². The minimum atomic E-state index is -1.92. The molecule has 0 aliphatic heterocycles. The number of aliphatic hydroxyl groups is 1. The molecular formula is C16H24O3Si. The molecule has 0 saturated heterocycles. The van der Waals surface area contributed by atoms with Crippen molar-refractivity contribution in [3.63, 3.8) is 0 Å². The Balaban J connectivity index is 3.18. The second-order valence-corrected chi connectivity index (χ2v) is 10.2. The van der Waals surface area contributed by atoms with Crippen LogP contribution in [0.15, 0.2) is 42.0 Å². The lowest BCUT2D eigenvalue weighted by Crippen LogP contribution is -2.47. The molecule has 0 unspecified atom stereocenters. The van der Waals surface area contributed by atoms with E-state index in [1.807, 2.05) is 31.2 Å². The first-order chi connectivity index (χ1) is 9.47. The zero-order chi connectivity index (χ0) is 15.2. The summed E-state index contributed by atoms with van der Waals surface area (Å²) in [5, 5.41) is 10.9. The van der Waals surface area contributed by atoms with Gasteiger partial charge in [-0.25, -0.2) is 0 Å². The highest BCUT2D eigenvalue weighted by molar-refractivity contribution is 6.91. The second kappa shape index (κ2) is 7.41. The molecule has 0 heterocycles. The van der Waals surface area contributed by atoms with Crippen LogP contribution in [-0.2, 0) is 9.53 Å². The van der Waals surface area contributed by atoms with Gasteiger partial charge in [0.05, 0.1) is 28.2 Å². The topological polar surface area (TPSA) is 46.5 Å². The maximum Gasteiger partial charge on any atom is 0.305 e. The highest BCUT2D eigenvalue weighted by Gasteiger charge is 2.37. The number of hydrogen-bond donors (Lipinski definition) is 1. The molecule has 110 valence electrons. The van der Waals surface area contributed by atoms with Gasteiger partial charge in [-0.05, 0) is 18.0 Å². The molecule has 0 bridgehead atoms. The summed E-state index contributed by atoms with van der Waals surface area (Å²) >= 11 is 0. The van der Waals surface area contributed by atoms with Crippen molar-refractivity contribution in [2.45, 2.75) is 32.0 Å². The molecule has 0 saturated carbocycles. The molecule has 20 heavy (non-hydrogen) atoms. The number of ether oxygens (including phenoxy) is 1. The number of rotatable bonds is 6. The van der Waals surface area contributed by atoms with Crippen molar-refractivity contribution in [1.82, 2.24) is 0 Å². The molecule has 3 nitrogen and oxygen atoms in total. The molecular weight excluding hydrogens is 268 g/mol. The van der Waals surface area contributed by atoms with Crippen LogP contribution in [0.4, 0.5) is 0 Å². The van der Waals surface area contributed by atoms with Gasteiger partial charge >= 0.3 is 5.97 Å². The van der Waals surface area contributed by atoms with Gasteiger partial charge in [0, 0.05) is 0 Å². The highest BCUT2D eigenvalue weighted by Crippen LogP contribution is 2.33. The van der Waals surface area contributed by atoms with E-state index in [2.05, 4.69) is 25.2 Å². The van der Waals surface area contributed by atoms with E-state index in [0.717, 1.165) is 5.57 Å². The van der Waals surface area contributed by atoms with Gasteiger partial charge in [0.2, 0.25) is 0 Å². The summed E-state index contributed by atoms with van der Waals surface area (Å²) in [5.74, 6) is -0.223. The molecule has 0 radical (unpaired) electrons. The van der Waals surface area contributed by atoms with E-state index in [0.29, 0.717) is 6.42 Å². The second-order valence-electron chi connectivity index (χ2n) is 5.44. The number of esters is 1. The Morgan fingerprint density at radius 2 is 1.95 bits per heavy atom. The number of methoxy groups -OCH3 is 1. The number of carbonyl (C=O) groups excluding carboxylic acids is 1. The molecule has 1 atom stereocenters. The Morgan fingerprint density at radius 3 is 2.40 bits per heavy atom. The molecule has 1 aromatic rings. The fourth-order valence-corrected chi connectivity index (χ4v) is 5.89. The van der Waals surface area contributed by atoms with Crippen molar-refractivity contribution < 1.29 is 14.6 Å². The molecule has 0 fully saturated rings. The predicted molar refractivity (Wildman–Crippen MR) is 84.8 cm³/mol. The first-order valence-electron chi connectivity index (χ1n) is 6.85. The summed E-state index contributed by atoms with van der Waals surface area (Å²) in [6.07, 6.45) is 2.25. The SMILES string of the molecule is C/C=C(\CO)[C@H](CC(=O)OC)[Si](C)(C)c1ccccc1. The Bertz CT molecular complexity index is 466. The van der Waals surface area contributed by atoms with E-state index in [-0.39, 0.29) is 18.1 Å². The molecule has 0 amide bonds. The van der Waals surface area contributed by atoms with Crippen LogP contribution < -0.4 is 5.19 Å². The summed E-state index contributed by atoms with van der Waals surface area (Å²) in [7, 11) is -0.515. The average Bonchev–Trinajstić information content (AvgIpc) is 2.48. The summed E-state index contributed by atoms with van der Waals surface area (Å²) in [6, 6.07) is 10.3. The van der Waals surface area contributed by atoms with Crippen LogP contribution in [0.25, 0.3) is 0 Å². The zero-order valence-corrected chi connectivity index (χ0v) is 13.7. The molecule has 0 aromatic heterocycles. The molecule has 1 N–H and O–H groups in total. The highest BCUT2D eigenvalue weighted by atomic mass is 28.3. The smallest absolute Gasteiger partial charge is 0.305 e. The van der Waals surface area contributed by atoms with Crippen molar-refractivity contribution in [2.75, 3.05) is 13.7 Å². The molecule has 0 spiro atoms. The van der Waals surface area contributed by atoms with Gasteiger partial charge in [-0.1, -0.05) is 54.7 Å². The van der Waals surface area contributed by atoms with Gasteiger partial charge in [-0.15, -0.1) is 0 Å². The summed E-state index contributed by atoms with van der Waals surface area (Å²) in [6.45, 7) is 6.36. The molecule has 0 aliphatic carbocycles. The van der Waals surface area contributed by atoms with Crippen molar-refractivity contribution in [1.29, 1.82) is 0 Å². The molecule has 4 heteroatoms. The quantitative estimate of drug-likeness (QED) is 0.498. The fourth-order valence-electron chi connectivity index (χ4n) is 2.57. The predicted octanol–water partition coefficient (Wildman–Crippen LogP) is 2.47. The van der Waals surface area contributed by atoms with Crippen LogP contribution >= 0.6 is 0 Å². The van der Waals surface area contributed by atoms with Gasteiger partial charge in [-0.3, -0.25) is 4.79 Å². The van der Waals surface area contributed by atoms with E-state index >= 15 is 0 Å². The van der Waals surface area contributed by atoms with Gasteiger partial charge < -0.3 is 9.84 Å². The van der Waals surface area contributed by atoms with Crippen molar-refractivity contribution >= 4 is 19.2 Å². The van der Waals surface area contributed by atoms with E-state index in [1.165, 1.54) is 12.3 Å². The van der Waals surface area contributed by atoms with Gasteiger partial charge in [-0.2, -0.15) is 0 Å². The van der Waals surface area contributed by atoms with Gasteiger partial charge in [0.25, 0.3) is 0 Å².